The van der Waals surface area contributed by atoms with E-state index in [1.807, 2.05) is 0 Å². The standard InChI is InChI=1S/C9H8N2O4.ClH/c1-14-7-3-5(9(12)13)6(11-10)4-8(7)15-2;/h3-4H,1-2H3;1H. The minimum absolute atomic E-state index is 0. The van der Waals surface area contributed by atoms with Crippen LogP contribution in [0.1, 0.15) is 10.4 Å². The number of carboxylic acids is 1. The summed E-state index contributed by atoms with van der Waals surface area (Å²) in [6.45, 7) is 0. The second-order valence-electron chi connectivity index (χ2n) is 2.63. The summed E-state index contributed by atoms with van der Waals surface area (Å²) in [6, 6.07) is 2.51. The Kier molecular flexibility index (Phi) is 5.06. The highest BCUT2D eigenvalue weighted by Crippen LogP contribution is 2.34. The van der Waals surface area contributed by atoms with Crippen molar-refractivity contribution in [3.8, 4) is 11.5 Å². The Labute approximate surface area is 97.8 Å². The van der Waals surface area contributed by atoms with Crippen molar-refractivity contribution in [2.75, 3.05) is 14.2 Å². The van der Waals surface area contributed by atoms with Crippen LogP contribution in [0.4, 0.5) is 5.69 Å². The van der Waals surface area contributed by atoms with Gasteiger partial charge in [0.2, 0.25) is 5.39 Å². The first kappa shape index (κ1) is 14.0. The first-order chi connectivity index (χ1) is 7.13. The summed E-state index contributed by atoms with van der Waals surface area (Å²) in [7, 11) is 2.79. The van der Waals surface area contributed by atoms with E-state index in [4.69, 9.17) is 20.0 Å². The van der Waals surface area contributed by atoms with Crippen molar-refractivity contribution in [1.82, 2.24) is 0 Å². The third-order valence-electron chi connectivity index (χ3n) is 1.84. The molecule has 1 rings (SSSR count). The highest BCUT2D eigenvalue weighted by molar-refractivity contribution is 5.95. The molecule has 1 aromatic carbocycles. The molecule has 0 aliphatic heterocycles. The molecular formula is C9H9ClN2O4. The van der Waals surface area contributed by atoms with Crippen LogP contribution < -0.4 is 21.9 Å². The maximum atomic E-state index is 10.8. The van der Waals surface area contributed by atoms with Gasteiger partial charge in [0.25, 0.3) is 0 Å². The maximum Gasteiger partial charge on any atom is 0.403 e. The minimum atomic E-state index is -1.20. The number of rotatable bonds is 3. The van der Waals surface area contributed by atoms with Crippen molar-refractivity contribution in [2.24, 2.45) is 0 Å². The molecule has 0 bridgehead atoms. The van der Waals surface area contributed by atoms with E-state index in [0.717, 1.165) is 0 Å². The van der Waals surface area contributed by atoms with Crippen LogP contribution in [0.5, 0.6) is 11.5 Å². The van der Waals surface area contributed by atoms with Crippen molar-refractivity contribution in [2.45, 2.75) is 0 Å². The zero-order valence-corrected chi connectivity index (χ0v) is 9.35. The van der Waals surface area contributed by atoms with E-state index in [0.29, 0.717) is 5.75 Å². The van der Waals surface area contributed by atoms with Crippen LogP contribution in [0.2, 0.25) is 0 Å². The molecule has 0 heterocycles. The molecule has 1 aromatic rings. The van der Waals surface area contributed by atoms with Crippen molar-refractivity contribution < 1.29 is 31.8 Å². The lowest BCUT2D eigenvalue weighted by Crippen LogP contribution is -3.00. The average Bonchev–Trinajstić information content (AvgIpc) is 2.26. The van der Waals surface area contributed by atoms with Crippen molar-refractivity contribution in [3.05, 3.63) is 22.7 Å². The number of carboxylic acid groups (broad SMARTS) is 1. The third-order valence-corrected chi connectivity index (χ3v) is 1.84. The van der Waals surface area contributed by atoms with Crippen LogP contribution in [-0.4, -0.2) is 25.3 Å². The van der Waals surface area contributed by atoms with Gasteiger partial charge in [-0.25, -0.2) is 4.79 Å². The van der Waals surface area contributed by atoms with Gasteiger partial charge in [-0.1, -0.05) is 0 Å². The highest BCUT2D eigenvalue weighted by Gasteiger charge is 2.24. The molecule has 86 valence electrons. The predicted octanol–water partition coefficient (Wildman–Crippen LogP) is -1.11. The molecule has 6 nitrogen and oxygen atoms in total. The lowest BCUT2D eigenvalue weighted by molar-refractivity contribution is -0.0000194. The van der Waals surface area contributed by atoms with Crippen molar-refractivity contribution >= 4 is 11.7 Å². The Hall–Kier alpha value is -2.00. The summed E-state index contributed by atoms with van der Waals surface area (Å²) < 4.78 is 9.84. The van der Waals surface area contributed by atoms with E-state index < -0.39 is 5.97 Å². The van der Waals surface area contributed by atoms with Gasteiger partial charge in [-0.2, -0.15) is 0 Å². The van der Waals surface area contributed by atoms with E-state index in [-0.39, 0.29) is 29.4 Å². The summed E-state index contributed by atoms with van der Waals surface area (Å²) in [5.41, 5.74) is -0.240. The van der Waals surface area contributed by atoms with Crippen LogP contribution in [-0.2, 0) is 0 Å². The van der Waals surface area contributed by atoms with E-state index >= 15 is 0 Å². The number of carbonyl (C=O) groups is 1. The molecule has 0 saturated heterocycles. The second kappa shape index (κ2) is 5.78. The average molecular weight is 245 g/mol. The quantitative estimate of drug-likeness (QED) is 0.682. The molecule has 0 aliphatic carbocycles. The summed E-state index contributed by atoms with van der Waals surface area (Å²) in [5, 5.41) is 17.4. The topological polar surface area (TPSA) is 83.9 Å². The number of aromatic carboxylic acids is 1. The maximum absolute atomic E-state index is 10.8. The van der Waals surface area contributed by atoms with Gasteiger partial charge < -0.3 is 27.0 Å². The van der Waals surface area contributed by atoms with Gasteiger partial charge in [0, 0.05) is 6.07 Å². The molecular weight excluding hydrogens is 236 g/mol. The SMILES string of the molecule is COc1cc([N+]#N)c(C(=O)O)cc1OC.[Cl-]. The number of halogens is 1. The van der Waals surface area contributed by atoms with Gasteiger partial charge in [0.1, 0.15) is 0 Å². The lowest BCUT2D eigenvalue weighted by Gasteiger charge is -2.05. The first-order valence-electron chi connectivity index (χ1n) is 3.98. The number of diazo groups is 1. The van der Waals surface area contributed by atoms with Crippen LogP contribution in [0.3, 0.4) is 0 Å². The number of hydrogen-bond acceptors (Lipinski definition) is 4. The predicted molar refractivity (Wildman–Crippen MR) is 51.2 cm³/mol. The number of ether oxygens (including phenoxy) is 2. The van der Waals surface area contributed by atoms with Gasteiger partial charge >= 0.3 is 11.7 Å². The molecule has 0 radical (unpaired) electrons. The van der Waals surface area contributed by atoms with E-state index in [9.17, 15) is 4.79 Å². The van der Waals surface area contributed by atoms with Crippen molar-refractivity contribution in [3.63, 3.8) is 0 Å². The molecule has 0 spiro atoms. The van der Waals surface area contributed by atoms with Gasteiger partial charge in [0.15, 0.2) is 22.0 Å². The Morgan fingerprint density at radius 2 is 1.81 bits per heavy atom. The Bertz CT molecular complexity index is 442. The molecule has 0 unspecified atom stereocenters. The fourth-order valence-electron chi connectivity index (χ4n) is 1.12. The van der Waals surface area contributed by atoms with Crippen molar-refractivity contribution in [1.29, 1.82) is 5.39 Å². The summed E-state index contributed by atoms with van der Waals surface area (Å²) >= 11 is 0. The second-order valence-corrected chi connectivity index (χ2v) is 2.63. The minimum Gasteiger partial charge on any atom is -1.00 e. The monoisotopic (exact) mass is 244 g/mol. The summed E-state index contributed by atoms with van der Waals surface area (Å²) in [5.74, 6) is -0.638. The molecule has 16 heavy (non-hydrogen) atoms. The van der Waals surface area contributed by atoms with Crippen LogP contribution in [0.15, 0.2) is 12.1 Å². The highest BCUT2D eigenvalue weighted by atomic mass is 35.5. The third kappa shape index (κ3) is 2.52. The number of methoxy groups -OCH3 is 2. The summed E-state index contributed by atoms with van der Waals surface area (Å²) in [4.78, 5) is 13.6. The zero-order chi connectivity index (χ0) is 11.4. The lowest BCUT2D eigenvalue weighted by atomic mass is 10.1. The van der Waals surface area contributed by atoms with Crippen LogP contribution in [0, 0.1) is 5.39 Å². The first-order valence-corrected chi connectivity index (χ1v) is 3.98. The number of benzene rings is 1. The van der Waals surface area contributed by atoms with Crippen LogP contribution in [0.25, 0.3) is 4.98 Å². The smallest absolute Gasteiger partial charge is 0.403 e. The zero-order valence-electron chi connectivity index (χ0n) is 8.60. The van der Waals surface area contributed by atoms with Gasteiger partial charge in [-0.3, -0.25) is 0 Å². The molecule has 0 aromatic heterocycles. The Morgan fingerprint density at radius 3 is 2.19 bits per heavy atom. The Morgan fingerprint density at radius 1 is 1.31 bits per heavy atom. The number of hydrogen-bond donors (Lipinski definition) is 1. The molecule has 0 aliphatic rings. The van der Waals surface area contributed by atoms with E-state index in [2.05, 4.69) is 4.98 Å². The molecule has 0 atom stereocenters. The molecule has 0 amide bonds. The largest absolute Gasteiger partial charge is 1.00 e. The molecule has 0 fully saturated rings. The van der Waals surface area contributed by atoms with Gasteiger partial charge in [-0.05, 0) is 0 Å². The van der Waals surface area contributed by atoms with Gasteiger partial charge in [-0.15, -0.1) is 0 Å². The molecule has 7 heteroatoms. The summed E-state index contributed by atoms with van der Waals surface area (Å²) in [6.07, 6.45) is 0. The van der Waals surface area contributed by atoms with Gasteiger partial charge in [0.05, 0.1) is 20.3 Å². The molecule has 0 saturated carbocycles. The number of nitrogens with zero attached hydrogens (tertiary/aromatic N) is 2. The fourth-order valence-corrected chi connectivity index (χ4v) is 1.12. The van der Waals surface area contributed by atoms with E-state index in [1.54, 1.807) is 0 Å². The van der Waals surface area contributed by atoms with Crippen LogP contribution >= 0.6 is 0 Å². The normalized spacial score (nSPS) is 8.56. The Balaban J connectivity index is 0.00000225. The fraction of sp³-hybridized carbons (Fsp3) is 0.222. The molecule has 1 N–H and O–H groups in total. The van der Waals surface area contributed by atoms with E-state index in [1.165, 1.54) is 26.4 Å².